The molecule has 0 radical (unpaired) electrons. The number of hydrogen-bond donors (Lipinski definition) is 2. The number of hydrogen-bond acceptors (Lipinski definition) is 10. The summed E-state index contributed by atoms with van der Waals surface area (Å²) in [6, 6.07) is -0.152. The fraction of sp³-hybridized carbons (Fsp3) is 0.538. The molecule has 3 fully saturated rings. The average molecular weight is 587 g/mol. The number of nitrogens with zero attached hydrogens (tertiary/aromatic N) is 8. The zero-order valence-corrected chi connectivity index (χ0v) is 22.9. The third kappa shape index (κ3) is 5.63. The number of piperidine rings is 1. The maximum atomic E-state index is 13.1. The van der Waals surface area contributed by atoms with Crippen molar-refractivity contribution in [1.82, 2.24) is 39.5 Å². The molecular weight excluding hydrogens is 554 g/mol. The van der Waals surface area contributed by atoms with Crippen LogP contribution in [-0.4, -0.2) is 110 Å². The van der Waals surface area contributed by atoms with E-state index in [0.717, 1.165) is 0 Å². The van der Waals surface area contributed by atoms with Gasteiger partial charge in [-0.2, -0.15) is 23.8 Å². The lowest BCUT2D eigenvalue weighted by Crippen LogP contribution is -2.47. The van der Waals surface area contributed by atoms with Gasteiger partial charge in [0.1, 0.15) is 6.33 Å². The fourth-order valence-electron chi connectivity index (χ4n) is 5.66. The molecule has 0 bridgehead atoms. The van der Waals surface area contributed by atoms with Gasteiger partial charge in [-0.1, -0.05) is 6.58 Å². The monoisotopic (exact) mass is 586 g/mol. The highest BCUT2D eigenvalue weighted by molar-refractivity contribution is 5.88. The van der Waals surface area contributed by atoms with Crippen molar-refractivity contribution < 1.29 is 27.8 Å². The predicted molar refractivity (Wildman–Crippen MR) is 146 cm³/mol. The summed E-state index contributed by atoms with van der Waals surface area (Å²) in [6.45, 7) is 4.47. The van der Waals surface area contributed by atoms with Crippen molar-refractivity contribution in [2.75, 3.05) is 62.8 Å². The van der Waals surface area contributed by atoms with Gasteiger partial charge in [0, 0.05) is 26.2 Å². The van der Waals surface area contributed by atoms with Gasteiger partial charge in [-0.3, -0.25) is 14.2 Å². The van der Waals surface area contributed by atoms with Crippen LogP contribution < -0.4 is 15.5 Å². The Kier molecular flexibility index (Phi) is 7.72. The van der Waals surface area contributed by atoms with E-state index in [4.69, 9.17) is 9.47 Å². The third-order valence-electron chi connectivity index (χ3n) is 7.90. The molecule has 14 nitrogen and oxygen atoms in total. The Balaban J connectivity index is 1.15. The van der Waals surface area contributed by atoms with E-state index in [2.05, 4.69) is 37.3 Å². The minimum Gasteiger partial charge on any atom is -0.378 e. The van der Waals surface area contributed by atoms with Crippen LogP contribution in [0.3, 0.4) is 0 Å². The van der Waals surface area contributed by atoms with E-state index in [9.17, 15) is 18.4 Å². The van der Waals surface area contributed by atoms with Gasteiger partial charge in [0.15, 0.2) is 17.0 Å². The summed E-state index contributed by atoms with van der Waals surface area (Å²) in [7, 11) is 0. The molecule has 0 aromatic carbocycles. The first-order chi connectivity index (χ1) is 20.3. The van der Waals surface area contributed by atoms with Gasteiger partial charge in [-0.05, 0) is 25.3 Å². The van der Waals surface area contributed by atoms with Gasteiger partial charge in [0.2, 0.25) is 17.8 Å². The molecule has 0 aliphatic carbocycles. The molecule has 2 amide bonds. The third-order valence-corrected chi connectivity index (χ3v) is 7.90. The van der Waals surface area contributed by atoms with Gasteiger partial charge < -0.3 is 29.9 Å². The highest BCUT2D eigenvalue weighted by Crippen LogP contribution is 2.36. The first kappa shape index (κ1) is 28.0. The first-order valence-corrected chi connectivity index (χ1v) is 13.8. The van der Waals surface area contributed by atoms with Gasteiger partial charge in [0.05, 0.1) is 56.1 Å². The summed E-state index contributed by atoms with van der Waals surface area (Å²) in [5.74, 6) is 0.429. The van der Waals surface area contributed by atoms with Crippen LogP contribution >= 0.6 is 0 Å². The van der Waals surface area contributed by atoms with Crippen molar-refractivity contribution in [2.45, 2.75) is 37.5 Å². The summed E-state index contributed by atoms with van der Waals surface area (Å²) < 4.78 is 40.0. The molecule has 3 aromatic rings. The highest BCUT2D eigenvalue weighted by Gasteiger charge is 2.43. The summed E-state index contributed by atoms with van der Waals surface area (Å²) in [6.07, 6.45) is 7.39. The number of aromatic nitrogens is 6. The number of likely N-dealkylation sites (tertiary alicyclic amines) is 1. The number of anilines is 2. The van der Waals surface area contributed by atoms with Crippen LogP contribution in [0, 0.1) is 0 Å². The number of carbonyl (C=O) groups is 2. The van der Waals surface area contributed by atoms with Gasteiger partial charge >= 0.3 is 6.55 Å². The zero-order valence-electron chi connectivity index (χ0n) is 22.9. The lowest BCUT2D eigenvalue weighted by molar-refractivity contribution is -0.130. The van der Waals surface area contributed by atoms with Crippen molar-refractivity contribution in [1.29, 1.82) is 0 Å². The van der Waals surface area contributed by atoms with Gasteiger partial charge in [-0.15, -0.1) is 0 Å². The molecule has 2 N–H and O–H groups in total. The lowest BCUT2D eigenvalue weighted by atomic mass is 9.87. The van der Waals surface area contributed by atoms with Crippen LogP contribution in [0.4, 0.5) is 20.5 Å². The summed E-state index contributed by atoms with van der Waals surface area (Å²) in [5, 5.41) is 9.84. The van der Waals surface area contributed by atoms with Gasteiger partial charge in [-0.25, -0.2) is 9.67 Å². The fourth-order valence-corrected chi connectivity index (χ4v) is 5.66. The number of carbonyl (C=O) groups excluding carboxylic acids is 2. The number of morpholine rings is 1. The standard InChI is InChI=1S/C26H32F2N10O4/c1-2-20(40)35-5-3-26(4-6-35)11-17(15-42-26)32-19(39)13-29-22-21-23(34-25(33-22)36-7-9-41-10-8-36)37(16-30-21)18-12-31-38(14-18)24(27)28/h2,12,14,16-17,24H,1,3-11,13,15H2,(H,32,39)(H,29,33,34). The maximum Gasteiger partial charge on any atom is 0.333 e. The number of nitrogens with one attached hydrogen (secondary N) is 2. The molecule has 1 unspecified atom stereocenters. The van der Waals surface area contributed by atoms with E-state index >= 15 is 0 Å². The van der Waals surface area contributed by atoms with Crippen molar-refractivity contribution in [3.63, 3.8) is 0 Å². The number of fused-ring (bicyclic) bond motifs is 1. The molecule has 42 heavy (non-hydrogen) atoms. The van der Waals surface area contributed by atoms with E-state index in [1.54, 1.807) is 9.47 Å². The second-order valence-corrected chi connectivity index (χ2v) is 10.6. The largest absolute Gasteiger partial charge is 0.378 e. The molecule has 6 rings (SSSR count). The number of amides is 2. The summed E-state index contributed by atoms with van der Waals surface area (Å²) >= 11 is 0. The number of rotatable bonds is 8. The first-order valence-electron chi connectivity index (χ1n) is 13.8. The van der Waals surface area contributed by atoms with Crippen LogP contribution in [0.2, 0.25) is 0 Å². The van der Waals surface area contributed by atoms with Crippen LogP contribution in [0.1, 0.15) is 25.8 Å². The lowest BCUT2D eigenvalue weighted by Gasteiger charge is -2.38. The van der Waals surface area contributed by atoms with Crippen LogP contribution in [0.5, 0.6) is 0 Å². The van der Waals surface area contributed by atoms with E-state index < -0.39 is 6.55 Å². The Morgan fingerprint density at radius 3 is 2.69 bits per heavy atom. The number of alkyl halides is 2. The number of imidazole rings is 1. The van der Waals surface area contributed by atoms with E-state index in [1.807, 2.05) is 4.90 Å². The topological polar surface area (TPSA) is 145 Å². The molecule has 3 aliphatic heterocycles. The normalized spacial score (nSPS) is 20.4. The van der Waals surface area contributed by atoms with Crippen molar-refractivity contribution >= 4 is 34.7 Å². The van der Waals surface area contributed by atoms with E-state index in [-0.39, 0.29) is 30.0 Å². The smallest absolute Gasteiger partial charge is 0.333 e. The molecule has 3 aliphatic rings. The Morgan fingerprint density at radius 2 is 1.98 bits per heavy atom. The Hall–Kier alpha value is -4.18. The molecule has 3 saturated heterocycles. The summed E-state index contributed by atoms with van der Waals surface area (Å²) in [5.41, 5.74) is 0.785. The number of ether oxygens (including phenoxy) is 2. The molecular formula is C26H32F2N10O4. The van der Waals surface area contributed by atoms with Crippen molar-refractivity contribution in [3.05, 3.63) is 31.4 Å². The second kappa shape index (κ2) is 11.6. The molecule has 1 spiro atoms. The molecule has 0 saturated carbocycles. The Labute approximate surface area is 239 Å². The van der Waals surface area contributed by atoms with Crippen LogP contribution in [0.25, 0.3) is 16.9 Å². The zero-order chi connectivity index (χ0) is 29.3. The minimum atomic E-state index is -2.78. The Bertz CT molecular complexity index is 1460. The number of halogens is 2. The minimum absolute atomic E-state index is 0.0735. The SMILES string of the molecule is C=CC(=O)N1CCC2(CC1)CC(NC(=O)CNc1nc(N3CCOCC3)nc3c1ncn3-c1cnn(C(F)F)c1)CO2. The Morgan fingerprint density at radius 1 is 1.19 bits per heavy atom. The van der Waals surface area contributed by atoms with Gasteiger partial charge in [0.25, 0.3) is 0 Å². The van der Waals surface area contributed by atoms with Crippen LogP contribution in [-0.2, 0) is 19.1 Å². The van der Waals surface area contributed by atoms with Crippen molar-refractivity contribution in [3.8, 4) is 5.69 Å². The molecule has 6 heterocycles. The van der Waals surface area contributed by atoms with E-state index in [1.165, 1.54) is 24.8 Å². The predicted octanol–water partition coefficient (Wildman–Crippen LogP) is 1.11. The summed E-state index contributed by atoms with van der Waals surface area (Å²) in [4.78, 5) is 42.3. The quantitative estimate of drug-likeness (QED) is 0.368. The second-order valence-electron chi connectivity index (χ2n) is 10.6. The molecule has 1 atom stereocenters. The molecule has 3 aromatic heterocycles. The average Bonchev–Trinajstić information content (AvgIpc) is 3.75. The molecule has 16 heteroatoms. The van der Waals surface area contributed by atoms with Crippen molar-refractivity contribution in [2.24, 2.45) is 0 Å². The molecule has 224 valence electrons. The highest BCUT2D eigenvalue weighted by atomic mass is 19.3. The maximum absolute atomic E-state index is 13.1. The van der Waals surface area contributed by atoms with E-state index in [0.29, 0.717) is 98.6 Å². The van der Waals surface area contributed by atoms with Crippen LogP contribution in [0.15, 0.2) is 31.4 Å².